The van der Waals surface area contributed by atoms with Crippen LogP contribution in [0.4, 0.5) is 16.2 Å². The van der Waals surface area contributed by atoms with E-state index < -0.39 is 18.1 Å². The number of aliphatic hydroxyl groups is 1. The summed E-state index contributed by atoms with van der Waals surface area (Å²) < 4.78 is 7.47. The summed E-state index contributed by atoms with van der Waals surface area (Å²) in [5, 5.41) is 18.2. The first-order chi connectivity index (χ1) is 22.2. The lowest BCUT2D eigenvalue weighted by atomic mass is 9.99. The van der Waals surface area contributed by atoms with Crippen molar-refractivity contribution in [3.8, 4) is 5.75 Å². The highest BCUT2D eigenvalue weighted by molar-refractivity contribution is 7.20. The van der Waals surface area contributed by atoms with Gasteiger partial charge in [0.1, 0.15) is 6.10 Å². The van der Waals surface area contributed by atoms with Gasteiger partial charge in [-0.05, 0) is 42.6 Å². The standard InChI is InChI=1S/C35H35N5O5S/c1-21-18-40(22(2)20-41)34(43)25-13-9-16-28(36-32(42)33-37-27-14-6-7-17-30(27)46-33)31(25)45-29(21)19-39(3)35(44)38-26-15-8-11-23-10-4-5-12-24(23)26/h4-17,21-22,29,41H,18-20H2,1-3H3,(H,36,42)(H,38,44)/t21-,22+,29+/m1/s1. The van der Waals surface area contributed by atoms with Crippen molar-refractivity contribution in [2.45, 2.75) is 26.0 Å². The molecule has 6 rings (SSSR count). The summed E-state index contributed by atoms with van der Waals surface area (Å²) in [5.41, 5.74) is 1.98. The lowest BCUT2D eigenvalue weighted by Gasteiger charge is -2.38. The minimum absolute atomic E-state index is 0.187. The van der Waals surface area contributed by atoms with Gasteiger partial charge in [-0.15, -0.1) is 11.3 Å². The van der Waals surface area contributed by atoms with Crippen LogP contribution in [0.3, 0.4) is 0 Å². The molecule has 0 saturated carbocycles. The van der Waals surface area contributed by atoms with Gasteiger partial charge in [0, 0.05) is 24.9 Å². The minimum Gasteiger partial charge on any atom is -0.485 e. The second kappa shape index (κ2) is 13.2. The molecule has 0 unspecified atom stereocenters. The molecule has 3 atom stereocenters. The predicted octanol–water partition coefficient (Wildman–Crippen LogP) is 6.09. The molecule has 2 heterocycles. The van der Waals surface area contributed by atoms with Crippen LogP contribution in [-0.4, -0.2) is 76.6 Å². The van der Waals surface area contributed by atoms with E-state index in [0.717, 1.165) is 21.0 Å². The average Bonchev–Trinajstić information content (AvgIpc) is 3.51. The number of fused-ring (bicyclic) bond motifs is 3. The summed E-state index contributed by atoms with van der Waals surface area (Å²) in [5.74, 6) is -0.784. The van der Waals surface area contributed by atoms with E-state index in [9.17, 15) is 19.5 Å². The molecule has 11 heteroatoms. The topological polar surface area (TPSA) is 124 Å². The molecule has 4 amide bonds. The number of hydrogen-bond acceptors (Lipinski definition) is 7. The number of urea groups is 1. The number of nitrogens with zero attached hydrogens (tertiary/aromatic N) is 3. The van der Waals surface area contributed by atoms with Crippen molar-refractivity contribution >= 4 is 61.5 Å². The second-order valence-electron chi connectivity index (χ2n) is 11.6. The third kappa shape index (κ3) is 6.24. The summed E-state index contributed by atoms with van der Waals surface area (Å²) >= 11 is 1.27. The van der Waals surface area contributed by atoms with E-state index in [1.54, 1.807) is 42.0 Å². The van der Waals surface area contributed by atoms with Crippen LogP contribution < -0.4 is 15.4 Å². The Bertz CT molecular complexity index is 1890. The third-order valence-corrected chi connectivity index (χ3v) is 9.29. The van der Waals surface area contributed by atoms with Gasteiger partial charge < -0.3 is 30.3 Å². The van der Waals surface area contributed by atoms with Gasteiger partial charge >= 0.3 is 6.03 Å². The van der Waals surface area contributed by atoms with Crippen molar-refractivity contribution in [1.29, 1.82) is 0 Å². The fraction of sp³-hybridized carbons (Fsp3) is 0.257. The fourth-order valence-electron chi connectivity index (χ4n) is 5.60. The van der Waals surface area contributed by atoms with Crippen molar-refractivity contribution in [1.82, 2.24) is 14.8 Å². The molecular formula is C35H35N5O5S. The van der Waals surface area contributed by atoms with Crippen molar-refractivity contribution in [2.75, 3.05) is 37.4 Å². The van der Waals surface area contributed by atoms with Gasteiger partial charge in [-0.3, -0.25) is 9.59 Å². The molecule has 1 aliphatic heterocycles. The molecule has 46 heavy (non-hydrogen) atoms. The van der Waals surface area contributed by atoms with Crippen LogP contribution in [0.1, 0.15) is 34.0 Å². The predicted molar refractivity (Wildman–Crippen MR) is 181 cm³/mol. The highest BCUT2D eigenvalue weighted by Gasteiger charge is 2.35. The smallest absolute Gasteiger partial charge is 0.321 e. The number of rotatable bonds is 7. The number of thiazole rings is 1. The number of benzene rings is 4. The molecule has 10 nitrogen and oxygen atoms in total. The van der Waals surface area contributed by atoms with Gasteiger partial charge in [0.15, 0.2) is 10.8 Å². The van der Waals surface area contributed by atoms with Crippen LogP contribution in [0, 0.1) is 5.92 Å². The molecule has 4 aromatic carbocycles. The number of aromatic nitrogens is 1. The minimum atomic E-state index is -0.566. The summed E-state index contributed by atoms with van der Waals surface area (Å²) in [4.78, 5) is 48.3. The lowest BCUT2D eigenvalue weighted by Crippen LogP contribution is -2.50. The summed E-state index contributed by atoms with van der Waals surface area (Å²) in [6.07, 6.45) is -0.566. The fourth-order valence-corrected chi connectivity index (χ4v) is 6.46. The molecule has 0 fully saturated rings. The second-order valence-corrected chi connectivity index (χ2v) is 12.6. The number of carbonyl (C=O) groups is 3. The normalized spacial score (nSPS) is 17.0. The number of likely N-dealkylation sites (N-methyl/N-ethyl adjacent to an activating group) is 1. The first kappa shape index (κ1) is 31.0. The van der Waals surface area contributed by atoms with Gasteiger partial charge in [-0.2, -0.15) is 0 Å². The maximum Gasteiger partial charge on any atom is 0.321 e. The van der Waals surface area contributed by atoms with Crippen LogP contribution in [0.25, 0.3) is 21.0 Å². The number of anilines is 2. The Morgan fingerprint density at radius 1 is 1.02 bits per heavy atom. The molecule has 3 N–H and O–H groups in total. The first-order valence-corrected chi connectivity index (χ1v) is 15.9. The van der Waals surface area contributed by atoms with E-state index in [-0.39, 0.29) is 47.3 Å². The van der Waals surface area contributed by atoms with Crippen LogP contribution in [0.5, 0.6) is 5.75 Å². The Balaban J connectivity index is 1.29. The van der Waals surface area contributed by atoms with Gasteiger partial charge in [0.25, 0.3) is 11.8 Å². The van der Waals surface area contributed by atoms with E-state index >= 15 is 0 Å². The highest BCUT2D eigenvalue weighted by atomic mass is 32.1. The SMILES string of the molecule is C[C@@H]1CN([C@@H](C)CO)C(=O)c2cccc(NC(=O)c3nc4ccccc4s3)c2O[C@H]1CN(C)C(=O)Nc1cccc2ccccc12. The molecule has 0 aliphatic carbocycles. The zero-order chi connectivity index (χ0) is 32.4. The molecule has 1 aliphatic rings. The number of para-hydroxylation sites is 2. The van der Waals surface area contributed by atoms with Crippen molar-refractivity contribution in [2.24, 2.45) is 5.92 Å². The maximum absolute atomic E-state index is 13.8. The maximum atomic E-state index is 13.8. The monoisotopic (exact) mass is 637 g/mol. The van der Waals surface area contributed by atoms with Crippen LogP contribution in [0.2, 0.25) is 0 Å². The van der Waals surface area contributed by atoms with Crippen molar-refractivity contribution in [3.63, 3.8) is 0 Å². The molecule has 0 radical (unpaired) electrons. The highest BCUT2D eigenvalue weighted by Crippen LogP contribution is 2.36. The Hall–Kier alpha value is -5.00. The van der Waals surface area contributed by atoms with E-state index in [0.29, 0.717) is 17.9 Å². The van der Waals surface area contributed by atoms with Gasteiger partial charge in [-0.1, -0.05) is 61.5 Å². The zero-order valence-corrected chi connectivity index (χ0v) is 26.6. The summed E-state index contributed by atoms with van der Waals surface area (Å²) in [6, 6.07) is 25.3. The summed E-state index contributed by atoms with van der Waals surface area (Å²) in [7, 11) is 1.69. The van der Waals surface area contributed by atoms with E-state index in [4.69, 9.17) is 4.74 Å². The molecule has 236 valence electrons. The number of carbonyl (C=O) groups excluding carboxylic acids is 3. The Kier molecular flexibility index (Phi) is 8.87. The zero-order valence-electron chi connectivity index (χ0n) is 25.8. The van der Waals surface area contributed by atoms with Gasteiger partial charge in [0.2, 0.25) is 0 Å². The van der Waals surface area contributed by atoms with E-state index in [1.807, 2.05) is 73.7 Å². The van der Waals surface area contributed by atoms with Crippen LogP contribution >= 0.6 is 11.3 Å². The lowest BCUT2D eigenvalue weighted by molar-refractivity contribution is 0.0372. The number of nitrogens with one attached hydrogen (secondary N) is 2. The van der Waals surface area contributed by atoms with Crippen molar-refractivity contribution < 1.29 is 24.2 Å². The van der Waals surface area contributed by atoms with Crippen LogP contribution in [0.15, 0.2) is 84.9 Å². The number of ether oxygens (including phenoxy) is 1. The van der Waals surface area contributed by atoms with E-state index in [1.165, 1.54) is 11.3 Å². The Labute approximate surface area is 270 Å². The van der Waals surface area contributed by atoms with E-state index in [2.05, 4.69) is 15.6 Å². The Morgan fingerprint density at radius 2 is 1.74 bits per heavy atom. The molecule has 0 spiro atoms. The molecule has 0 bridgehead atoms. The Morgan fingerprint density at radius 3 is 2.54 bits per heavy atom. The molecular weight excluding hydrogens is 602 g/mol. The molecule has 1 aromatic heterocycles. The summed E-state index contributed by atoms with van der Waals surface area (Å²) in [6.45, 7) is 3.99. The number of amides is 4. The molecule has 5 aromatic rings. The van der Waals surface area contributed by atoms with Crippen molar-refractivity contribution in [3.05, 3.63) is 95.5 Å². The van der Waals surface area contributed by atoms with Gasteiger partial charge in [0.05, 0.1) is 46.3 Å². The quantitative estimate of drug-likeness (QED) is 0.199. The van der Waals surface area contributed by atoms with Gasteiger partial charge in [-0.25, -0.2) is 9.78 Å². The molecule has 0 saturated heterocycles. The largest absolute Gasteiger partial charge is 0.485 e. The first-order valence-electron chi connectivity index (χ1n) is 15.1. The van der Waals surface area contributed by atoms with Crippen LogP contribution in [-0.2, 0) is 0 Å². The number of aliphatic hydroxyl groups excluding tert-OH is 1. The third-order valence-electron chi connectivity index (χ3n) is 8.26. The number of hydrogen-bond donors (Lipinski definition) is 3. The average molecular weight is 638 g/mol.